The minimum Gasteiger partial charge on any atom is -0.503 e. The van der Waals surface area contributed by atoms with E-state index in [0.717, 1.165) is 11.1 Å². The molecular weight excluding hydrogens is 992 g/mol. The summed E-state index contributed by atoms with van der Waals surface area (Å²) in [7, 11) is 0. The first-order chi connectivity index (χ1) is 24.4. The van der Waals surface area contributed by atoms with Crippen LogP contribution < -0.4 is 20.1 Å². The fourth-order valence-corrected chi connectivity index (χ4v) is 7.96. The molecule has 0 unspecified atom stereocenters. The Labute approximate surface area is 333 Å². The Hall–Kier alpha value is -3.64. The normalized spacial score (nSPS) is 16.2. The average Bonchev–Trinajstić information content (AvgIpc) is 3.08. The quantitative estimate of drug-likeness (QED) is 0.0752. The Bertz CT molecular complexity index is 2050. The van der Waals surface area contributed by atoms with E-state index < -0.39 is 11.8 Å². The Morgan fingerprint density at radius 1 is 0.549 bits per heavy atom. The molecule has 7 rings (SSSR count). The molecular formula is C34H27Br5N4O8. The molecule has 12 nitrogen and oxygen atoms in total. The second-order valence-electron chi connectivity index (χ2n) is 11.2. The molecule has 17 heteroatoms. The predicted molar refractivity (Wildman–Crippen MR) is 207 cm³/mol. The van der Waals surface area contributed by atoms with Crippen molar-refractivity contribution in [3.63, 3.8) is 0 Å². The van der Waals surface area contributed by atoms with E-state index in [4.69, 9.17) is 9.47 Å². The number of ether oxygens (including phenoxy) is 2. The van der Waals surface area contributed by atoms with Gasteiger partial charge in [-0.1, -0.05) is 16.4 Å². The van der Waals surface area contributed by atoms with E-state index >= 15 is 0 Å². The van der Waals surface area contributed by atoms with Gasteiger partial charge in [0.2, 0.25) is 0 Å². The third-order valence-electron chi connectivity index (χ3n) is 7.57. The van der Waals surface area contributed by atoms with Crippen LogP contribution in [0.15, 0.2) is 87.3 Å². The number of fused-ring (bicyclic) bond motifs is 2. The standard InChI is InChI=1S/C34H27Br5N4O8/c35-20-7-16-1-2-27(20)50-28-14-17(8-21(36)30(28)44)4-6-41-34(47)26(43-49)13-19-9-22(37)31(45)29(15-19)51-32-23(38)10-18(11-24(32)39)12-25(42-48)33(46)40-5-3-16/h1-2,7-11,14-15,44-45,48-49H,3-6,12-13H2,(H,40,46)(H,41,47)/b42-25+,43-26-. The van der Waals surface area contributed by atoms with E-state index in [1.807, 2.05) is 12.1 Å². The van der Waals surface area contributed by atoms with E-state index in [-0.39, 0.29) is 64.8 Å². The summed E-state index contributed by atoms with van der Waals surface area (Å²) in [4.78, 5) is 26.0. The second kappa shape index (κ2) is 17.3. The summed E-state index contributed by atoms with van der Waals surface area (Å²) in [6, 6.07) is 15.2. The second-order valence-corrected chi connectivity index (χ2v) is 15.4. The zero-order chi connectivity index (χ0) is 36.8. The van der Waals surface area contributed by atoms with Crippen molar-refractivity contribution in [1.29, 1.82) is 0 Å². The molecule has 4 aromatic carbocycles. The van der Waals surface area contributed by atoms with E-state index in [9.17, 15) is 30.2 Å². The van der Waals surface area contributed by atoms with Gasteiger partial charge in [-0.2, -0.15) is 0 Å². The Morgan fingerprint density at radius 2 is 1.00 bits per heavy atom. The Kier molecular flexibility index (Phi) is 13.1. The summed E-state index contributed by atoms with van der Waals surface area (Å²) in [5.74, 6) is -0.563. The molecule has 0 aromatic heterocycles. The molecule has 3 heterocycles. The first kappa shape index (κ1) is 38.6. The summed E-state index contributed by atoms with van der Waals surface area (Å²) in [6.45, 7) is 0.418. The maximum absolute atomic E-state index is 13.0. The number of carbonyl (C=O) groups excluding carboxylic acids is 2. The lowest BCUT2D eigenvalue weighted by atomic mass is 10.1. The van der Waals surface area contributed by atoms with Crippen LogP contribution in [0.5, 0.6) is 34.5 Å². The van der Waals surface area contributed by atoms with E-state index in [0.29, 0.717) is 53.4 Å². The van der Waals surface area contributed by atoms with Gasteiger partial charge in [-0.15, -0.1) is 0 Å². The van der Waals surface area contributed by atoms with Crippen LogP contribution in [0.2, 0.25) is 0 Å². The molecule has 266 valence electrons. The van der Waals surface area contributed by atoms with Gasteiger partial charge in [-0.05, 0) is 163 Å². The van der Waals surface area contributed by atoms with Gasteiger partial charge in [-0.3, -0.25) is 9.59 Å². The number of rotatable bonds is 0. The fraction of sp³-hybridized carbons (Fsp3) is 0.176. The van der Waals surface area contributed by atoms with Crippen LogP contribution in [-0.4, -0.2) is 57.0 Å². The number of phenols is 2. The molecule has 0 fully saturated rings. The fourth-order valence-electron chi connectivity index (χ4n) is 5.03. The number of nitrogens with one attached hydrogen (secondary N) is 2. The van der Waals surface area contributed by atoms with Gasteiger partial charge in [0.05, 0.1) is 22.4 Å². The minimum atomic E-state index is -0.615. The van der Waals surface area contributed by atoms with Crippen LogP contribution in [0.3, 0.4) is 0 Å². The van der Waals surface area contributed by atoms with E-state index in [1.54, 1.807) is 36.4 Å². The number of carbonyl (C=O) groups is 2. The maximum atomic E-state index is 13.0. The lowest BCUT2D eigenvalue weighted by molar-refractivity contribution is -0.115. The van der Waals surface area contributed by atoms with Crippen LogP contribution in [-0.2, 0) is 35.3 Å². The summed E-state index contributed by atoms with van der Waals surface area (Å²) >= 11 is 17.2. The van der Waals surface area contributed by atoms with Crippen molar-refractivity contribution < 1.29 is 39.7 Å². The van der Waals surface area contributed by atoms with Gasteiger partial charge in [-0.25, -0.2) is 0 Å². The zero-order valence-electron chi connectivity index (χ0n) is 26.1. The number of amides is 2. The lowest BCUT2D eigenvalue weighted by Crippen LogP contribution is -2.33. The molecule has 0 atom stereocenters. The molecule has 4 aromatic rings. The number of hydrogen-bond acceptors (Lipinski definition) is 10. The molecule has 3 aliphatic rings. The zero-order valence-corrected chi connectivity index (χ0v) is 34.1. The summed E-state index contributed by atoms with van der Waals surface area (Å²) < 4.78 is 14.3. The van der Waals surface area contributed by atoms with Crippen molar-refractivity contribution in [3.8, 4) is 34.5 Å². The first-order valence-corrected chi connectivity index (χ1v) is 19.0. The number of halogens is 5. The third-order valence-corrected chi connectivity index (χ3v) is 10.6. The minimum absolute atomic E-state index is 0.0147. The Balaban J connectivity index is 1.47. The van der Waals surface area contributed by atoms with Crippen molar-refractivity contribution in [2.45, 2.75) is 25.7 Å². The predicted octanol–water partition coefficient (Wildman–Crippen LogP) is 8.27. The van der Waals surface area contributed by atoms with Gasteiger partial charge in [0.15, 0.2) is 28.7 Å². The summed E-state index contributed by atoms with van der Waals surface area (Å²) in [5.41, 5.74) is 2.39. The molecule has 51 heavy (non-hydrogen) atoms. The Morgan fingerprint density at radius 3 is 1.55 bits per heavy atom. The highest BCUT2D eigenvalue weighted by atomic mass is 79.9. The number of oxime groups is 2. The molecule has 3 aliphatic heterocycles. The number of hydrogen-bond donors (Lipinski definition) is 6. The molecule has 0 aliphatic carbocycles. The molecule has 0 saturated carbocycles. The van der Waals surface area contributed by atoms with E-state index in [2.05, 4.69) is 101 Å². The average molecular weight is 1020 g/mol. The topological polar surface area (TPSA) is 182 Å². The van der Waals surface area contributed by atoms with Gasteiger partial charge < -0.3 is 40.7 Å². The van der Waals surface area contributed by atoms with Crippen molar-refractivity contribution in [1.82, 2.24) is 10.6 Å². The highest BCUT2D eigenvalue weighted by molar-refractivity contribution is 9.11. The van der Waals surface area contributed by atoms with Crippen LogP contribution in [0.1, 0.15) is 22.3 Å². The van der Waals surface area contributed by atoms with Crippen LogP contribution in [0, 0.1) is 0 Å². The molecule has 0 spiro atoms. The van der Waals surface area contributed by atoms with Crippen LogP contribution >= 0.6 is 79.6 Å². The number of nitrogens with zero attached hydrogens (tertiary/aromatic N) is 2. The van der Waals surface area contributed by atoms with Crippen molar-refractivity contribution in [2.24, 2.45) is 10.3 Å². The SMILES string of the molecule is O=C1NCCc2cc(Br)c(O)c(c2)Oc2ccc(cc2Br)CCNC(=O)/C(=N/O)Cc2cc(Br)c(c(Br)c2)Oc2cc(cc(Br)c2O)C/C1=N/O. The molecule has 0 radical (unpaired) electrons. The van der Waals surface area contributed by atoms with Crippen LogP contribution in [0.4, 0.5) is 0 Å². The van der Waals surface area contributed by atoms with Gasteiger partial charge in [0.25, 0.3) is 11.8 Å². The highest BCUT2D eigenvalue weighted by Crippen LogP contribution is 2.44. The largest absolute Gasteiger partial charge is 0.503 e. The first-order valence-electron chi connectivity index (χ1n) is 15.0. The van der Waals surface area contributed by atoms with Crippen molar-refractivity contribution >= 4 is 103 Å². The van der Waals surface area contributed by atoms with E-state index in [1.165, 1.54) is 6.07 Å². The highest BCUT2D eigenvalue weighted by Gasteiger charge is 2.21. The number of aromatic hydroxyl groups is 2. The van der Waals surface area contributed by atoms with Gasteiger partial charge >= 0.3 is 0 Å². The van der Waals surface area contributed by atoms with Crippen molar-refractivity contribution in [2.75, 3.05) is 13.1 Å². The summed E-state index contributed by atoms with van der Waals surface area (Å²) in [5, 5.41) is 52.9. The molecule has 2 amide bonds. The monoisotopic (exact) mass is 1010 g/mol. The van der Waals surface area contributed by atoms with Gasteiger partial charge in [0.1, 0.15) is 17.2 Å². The summed E-state index contributed by atoms with van der Waals surface area (Å²) in [6.07, 6.45) is 0.677. The molecule has 8 bridgehead atoms. The van der Waals surface area contributed by atoms with Gasteiger partial charge in [0, 0.05) is 25.9 Å². The molecule has 0 saturated heterocycles. The smallest absolute Gasteiger partial charge is 0.269 e. The third kappa shape index (κ3) is 9.62. The van der Waals surface area contributed by atoms with Crippen LogP contribution in [0.25, 0.3) is 0 Å². The maximum Gasteiger partial charge on any atom is 0.269 e. The number of benzene rings is 4. The van der Waals surface area contributed by atoms with Crippen molar-refractivity contribution in [3.05, 3.63) is 99.2 Å². The lowest BCUT2D eigenvalue weighted by Gasteiger charge is -2.16. The molecule has 6 N–H and O–H groups in total. The number of phenolic OH excluding ortho intramolecular Hbond substituents is 2.